The standard InChI is InChI=1S/C23H24F2N2O.2ClH/c24-20-7-3-16(4-8-20)18-12-19(17-5-9-21(25)10-6-17)14-23(13-18)28-15-22(27)2-1-11-26;;/h3-10,12-14,22H,1-2,11,15,26-27H2;2*1H/t22-;;/m0../s1. The SMILES string of the molecule is [Cl-].[Cl-].[NH3+]CCC[C@H]([NH3+])COc1cc(-c2ccc(F)cc2)cc(-c2ccc(F)cc2)c1. The van der Waals surface area contributed by atoms with Crippen molar-refractivity contribution >= 4 is 0 Å². The molecule has 0 fully saturated rings. The maximum absolute atomic E-state index is 13.3. The summed E-state index contributed by atoms with van der Waals surface area (Å²) in [6.07, 6.45) is 1.99. The van der Waals surface area contributed by atoms with Crippen LogP contribution in [0.4, 0.5) is 8.78 Å². The van der Waals surface area contributed by atoms with Crippen LogP contribution in [0.3, 0.4) is 0 Å². The molecule has 0 bridgehead atoms. The van der Waals surface area contributed by atoms with Gasteiger partial charge in [-0.2, -0.15) is 0 Å². The average molecular weight is 455 g/mol. The molecule has 162 valence electrons. The molecule has 0 aliphatic rings. The first kappa shape index (κ1) is 25.9. The first-order valence-corrected chi connectivity index (χ1v) is 9.47. The van der Waals surface area contributed by atoms with E-state index < -0.39 is 0 Å². The number of quaternary nitrogens is 2. The van der Waals surface area contributed by atoms with Gasteiger partial charge in [0.15, 0.2) is 0 Å². The van der Waals surface area contributed by atoms with Crippen molar-refractivity contribution in [3.05, 3.63) is 78.4 Å². The summed E-state index contributed by atoms with van der Waals surface area (Å²) in [6.45, 7) is 1.40. The van der Waals surface area contributed by atoms with E-state index in [2.05, 4.69) is 11.5 Å². The van der Waals surface area contributed by atoms with Gasteiger partial charge in [0, 0.05) is 12.8 Å². The highest BCUT2D eigenvalue weighted by Gasteiger charge is 2.11. The summed E-state index contributed by atoms with van der Waals surface area (Å²) >= 11 is 0. The zero-order valence-corrected chi connectivity index (χ0v) is 18.1. The van der Waals surface area contributed by atoms with Crippen LogP contribution < -0.4 is 41.0 Å². The molecule has 3 nitrogen and oxygen atoms in total. The monoisotopic (exact) mass is 454 g/mol. The molecule has 0 saturated carbocycles. The van der Waals surface area contributed by atoms with Crippen LogP contribution in [0.2, 0.25) is 0 Å². The van der Waals surface area contributed by atoms with Gasteiger partial charge in [-0.15, -0.1) is 0 Å². The summed E-state index contributed by atoms with van der Waals surface area (Å²) in [6, 6.07) is 18.8. The minimum atomic E-state index is -0.278. The fraction of sp³-hybridized carbons (Fsp3) is 0.217. The van der Waals surface area contributed by atoms with Crippen molar-refractivity contribution in [3.63, 3.8) is 0 Å². The molecule has 3 rings (SSSR count). The Bertz CT molecular complexity index is 842. The van der Waals surface area contributed by atoms with Gasteiger partial charge in [-0.05, 0) is 64.7 Å². The lowest BCUT2D eigenvalue weighted by molar-refractivity contribution is -0.429. The minimum absolute atomic E-state index is 0. The van der Waals surface area contributed by atoms with Gasteiger partial charge in [-0.1, -0.05) is 24.3 Å². The highest BCUT2D eigenvalue weighted by Crippen LogP contribution is 2.32. The van der Waals surface area contributed by atoms with Crippen molar-refractivity contribution < 1.29 is 49.8 Å². The highest BCUT2D eigenvalue weighted by molar-refractivity contribution is 5.75. The third-order valence-electron chi connectivity index (χ3n) is 4.61. The number of halogens is 4. The average Bonchev–Trinajstić information content (AvgIpc) is 2.71. The molecule has 3 aromatic carbocycles. The first-order chi connectivity index (χ1) is 13.5. The number of hydrogen-bond donors (Lipinski definition) is 2. The van der Waals surface area contributed by atoms with Crippen molar-refractivity contribution in [2.75, 3.05) is 13.2 Å². The summed E-state index contributed by atoms with van der Waals surface area (Å²) in [5.41, 5.74) is 11.6. The van der Waals surface area contributed by atoms with E-state index in [0.717, 1.165) is 41.6 Å². The van der Waals surface area contributed by atoms with E-state index in [4.69, 9.17) is 4.74 Å². The Morgan fingerprint density at radius 1 is 0.733 bits per heavy atom. The molecule has 6 N–H and O–H groups in total. The summed E-state index contributed by atoms with van der Waals surface area (Å²) in [4.78, 5) is 0. The number of rotatable bonds is 8. The Morgan fingerprint density at radius 2 is 1.20 bits per heavy atom. The van der Waals surface area contributed by atoms with Gasteiger partial charge in [0.25, 0.3) is 0 Å². The fourth-order valence-corrected chi connectivity index (χ4v) is 3.03. The third kappa shape index (κ3) is 7.26. The molecule has 0 spiro atoms. The maximum atomic E-state index is 13.3. The molecule has 0 aliphatic carbocycles. The van der Waals surface area contributed by atoms with Crippen molar-refractivity contribution in [1.29, 1.82) is 0 Å². The lowest BCUT2D eigenvalue weighted by Gasteiger charge is -2.14. The van der Waals surface area contributed by atoms with Crippen molar-refractivity contribution in [1.82, 2.24) is 0 Å². The first-order valence-electron chi connectivity index (χ1n) is 9.47. The lowest BCUT2D eigenvalue weighted by atomic mass is 9.98. The highest BCUT2D eigenvalue weighted by atomic mass is 35.5. The summed E-state index contributed by atoms with van der Waals surface area (Å²) in [5.74, 6) is 0.157. The van der Waals surface area contributed by atoms with Crippen molar-refractivity contribution in [2.24, 2.45) is 0 Å². The third-order valence-corrected chi connectivity index (χ3v) is 4.61. The van der Waals surface area contributed by atoms with Crippen LogP contribution in [0, 0.1) is 11.6 Å². The van der Waals surface area contributed by atoms with Gasteiger partial charge >= 0.3 is 0 Å². The van der Waals surface area contributed by atoms with Crippen LogP contribution in [-0.4, -0.2) is 19.2 Å². The second-order valence-electron chi connectivity index (χ2n) is 6.93. The molecular formula is C23H26Cl2F2N2O. The van der Waals surface area contributed by atoms with Gasteiger partial charge in [-0.3, -0.25) is 0 Å². The zero-order chi connectivity index (χ0) is 19.9. The van der Waals surface area contributed by atoms with Crippen LogP contribution in [-0.2, 0) is 0 Å². The van der Waals surface area contributed by atoms with E-state index in [0.29, 0.717) is 12.4 Å². The number of ether oxygens (including phenoxy) is 1. The quantitative estimate of drug-likeness (QED) is 0.382. The predicted octanol–water partition coefficient (Wildman–Crippen LogP) is -2.68. The smallest absolute Gasteiger partial charge is 0.140 e. The van der Waals surface area contributed by atoms with Crippen LogP contribution in [0.5, 0.6) is 5.75 Å². The number of hydrogen-bond acceptors (Lipinski definition) is 1. The molecule has 30 heavy (non-hydrogen) atoms. The predicted molar refractivity (Wildman–Crippen MR) is 106 cm³/mol. The molecule has 0 amide bonds. The Morgan fingerprint density at radius 3 is 1.63 bits per heavy atom. The molecule has 0 radical (unpaired) electrons. The molecule has 0 heterocycles. The Balaban J connectivity index is 0.00000225. The van der Waals surface area contributed by atoms with E-state index in [-0.39, 0.29) is 42.5 Å². The van der Waals surface area contributed by atoms with Gasteiger partial charge in [0.1, 0.15) is 30.0 Å². The van der Waals surface area contributed by atoms with E-state index in [1.54, 1.807) is 24.3 Å². The Labute approximate surface area is 188 Å². The van der Waals surface area contributed by atoms with Gasteiger partial charge in [0.05, 0.1) is 6.54 Å². The van der Waals surface area contributed by atoms with Crippen LogP contribution in [0.15, 0.2) is 66.7 Å². The Kier molecular flexibility index (Phi) is 10.8. The molecule has 0 aliphatic heterocycles. The molecule has 0 aromatic heterocycles. The lowest BCUT2D eigenvalue weighted by Crippen LogP contribution is -3.00. The van der Waals surface area contributed by atoms with Gasteiger partial charge in [-0.25, -0.2) is 8.78 Å². The van der Waals surface area contributed by atoms with Crippen LogP contribution in [0.1, 0.15) is 12.8 Å². The maximum Gasteiger partial charge on any atom is 0.140 e. The summed E-state index contributed by atoms with van der Waals surface area (Å²) in [7, 11) is 0. The van der Waals surface area contributed by atoms with Gasteiger partial charge in [0.2, 0.25) is 0 Å². The Hall–Kier alpha value is -2.18. The normalized spacial score (nSPS) is 11.2. The minimum Gasteiger partial charge on any atom is -1.00 e. The number of benzene rings is 3. The fourth-order valence-electron chi connectivity index (χ4n) is 3.03. The van der Waals surface area contributed by atoms with Gasteiger partial charge < -0.3 is 41.0 Å². The van der Waals surface area contributed by atoms with Crippen molar-refractivity contribution in [2.45, 2.75) is 18.9 Å². The summed E-state index contributed by atoms with van der Waals surface area (Å²) in [5, 5.41) is 0. The second-order valence-corrected chi connectivity index (χ2v) is 6.93. The van der Waals surface area contributed by atoms with Crippen LogP contribution >= 0.6 is 0 Å². The molecular weight excluding hydrogens is 429 g/mol. The van der Waals surface area contributed by atoms with E-state index in [9.17, 15) is 8.78 Å². The van der Waals surface area contributed by atoms with E-state index in [1.165, 1.54) is 24.3 Å². The van der Waals surface area contributed by atoms with E-state index >= 15 is 0 Å². The largest absolute Gasteiger partial charge is 1.00 e. The molecule has 0 saturated heterocycles. The summed E-state index contributed by atoms with van der Waals surface area (Å²) < 4.78 is 32.6. The van der Waals surface area contributed by atoms with Crippen LogP contribution in [0.25, 0.3) is 22.3 Å². The molecule has 1 atom stereocenters. The topological polar surface area (TPSA) is 64.5 Å². The van der Waals surface area contributed by atoms with E-state index in [1.807, 2.05) is 18.2 Å². The molecule has 3 aromatic rings. The molecule has 0 unspecified atom stereocenters. The van der Waals surface area contributed by atoms with Crippen molar-refractivity contribution in [3.8, 4) is 28.0 Å². The zero-order valence-electron chi connectivity index (χ0n) is 16.6. The molecule has 7 heteroatoms. The second kappa shape index (κ2) is 12.5.